The third-order valence-corrected chi connectivity index (χ3v) is 6.32. The largest absolute Gasteiger partial charge is 0.477 e. The molecule has 2 N–H and O–H groups in total. The van der Waals surface area contributed by atoms with Crippen LogP contribution in [-0.4, -0.2) is 30.1 Å². The predicted octanol–water partition coefficient (Wildman–Crippen LogP) is 2.73. The first-order valence-electron chi connectivity index (χ1n) is 8.34. The highest BCUT2D eigenvalue weighted by Crippen LogP contribution is 2.33. The van der Waals surface area contributed by atoms with E-state index in [-0.39, 0.29) is 16.6 Å². The summed E-state index contributed by atoms with van der Waals surface area (Å²) in [4.78, 5) is 11.1. The van der Waals surface area contributed by atoms with Gasteiger partial charge in [-0.1, -0.05) is 30.3 Å². The minimum absolute atomic E-state index is 0.00224. The lowest BCUT2D eigenvalue weighted by Crippen LogP contribution is -2.37. The van der Waals surface area contributed by atoms with E-state index in [9.17, 15) is 13.2 Å². The lowest BCUT2D eigenvalue weighted by molar-refractivity contribution is 0.0686. The minimum atomic E-state index is -3.71. The molecule has 1 saturated carbocycles. The summed E-state index contributed by atoms with van der Waals surface area (Å²) < 4.78 is 29.1. The molecule has 134 valence electrons. The number of benzene rings is 1. The number of hydrogen-bond acceptors (Lipinski definition) is 3. The zero-order valence-electron chi connectivity index (χ0n) is 14.1. The quantitative estimate of drug-likeness (QED) is 0.856. The molecule has 0 saturated heterocycles. The van der Waals surface area contributed by atoms with Crippen LogP contribution in [0.4, 0.5) is 0 Å². The first-order chi connectivity index (χ1) is 11.9. The van der Waals surface area contributed by atoms with Crippen molar-refractivity contribution in [1.29, 1.82) is 0 Å². The molecule has 1 aliphatic carbocycles. The van der Waals surface area contributed by atoms with Crippen molar-refractivity contribution in [1.82, 2.24) is 9.29 Å². The second kappa shape index (κ2) is 7.01. The Morgan fingerprint density at radius 2 is 1.80 bits per heavy atom. The number of aryl methyl sites for hydroxylation is 1. The molecule has 1 fully saturated rings. The smallest absolute Gasteiger partial charge is 0.352 e. The zero-order chi connectivity index (χ0) is 18.0. The molecule has 1 aromatic heterocycles. The second-order valence-corrected chi connectivity index (χ2v) is 8.27. The molecule has 3 rings (SSSR count). The molecule has 0 aliphatic heterocycles. The van der Waals surface area contributed by atoms with Crippen LogP contribution in [0.3, 0.4) is 0 Å². The van der Waals surface area contributed by atoms with Gasteiger partial charge in [-0.05, 0) is 43.2 Å². The molecule has 0 spiro atoms. The molecule has 6 nitrogen and oxygen atoms in total. The van der Waals surface area contributed by atoms with Crippen molar-refractivity contribution in [3.63, 3.8) is 0 Å². The number of aromatic carboxylic acids is 1. The van der Waals surface area contributed by atoms with E-state index >= 15 is 0 Å². The molecule has 7 heteroatoms. The first-order valence-corrected chi connectivity index (χ1v) is 9.82. The average Bonchev–Trinajstić information content (AvgIpc) is 2.99. The Labute approximate surface area is 147 Å². The van der Waals surface area contributed by atoms with Gasteiger partial charge in [-0.15, -0.1) is 0 Å². The third kappa shape index (κ3) is 3.93. The molecular formula is C18H22N2O4S. The van der Waals surface area contributed by atoms with E-state index in [2.05, 4.69) is 16.9 Å². The van der Waals surface area contributed by atoms with Crippen LogP contribution < -0.4 is 4.72 Å². The van der Waals surface area contributed by atoms with Crippen molar-refractivity contribution in [3.05, 3.63) is 53.9 Å². The fourth-order valence-corrected chi connectivity index (χ4v) is 4.83. The topological polar surface area (TPSA) is 88.4 Å². The number of aromatic nitrogens is 1. The van der Waals surface area contributed by atoms with E-state index < -0.39 is 16.0 Å². The van der Waals surface area contributed by atoms with Crippen molar-refractivity contribution in [2.24, 2.45) is 7.05 Å². The van der Waals surface area contributed by atoms with Crippen LogP contribution in [0.2, 0.25) is 0 Å². The Kier molecular flexibility index (Phi) is 4.96. The van der Waals surface area contributed by atoms with Gasteiger partial charge in [0.1, 0.15) is 10.6 Å². The maximum Gasteiger partial charge on any atom is 0.352 e. The zero-order valence-corrected chi connectivity index (χ0v) is 14.9. The first kappa shape index (κ1) is 17.7. The van der Waals surface area contributed by atoms with Gasteiger partial charge >= 0.3 is 5.97 Å². The predicted molar refractivity (Wildman–Crippen MR) is 94.1 cm³/mol. The van der Waals surface area contributed by atoms with Crippen LogP contribution in [0.15, 0.2) is 47.5 Å². The van der Waals surface area contributed by atoms with Gasteiger partial charge in [-0.25, -0.2) is 17.9 Å². The van der Waals surface area contributed by atoms with E-state index in [1.807, 2.05) is 18.2 Å². The van der Waals surface area contributed by atoms with Crippen LogP contribution in [0.5, 0.6) is 0 Å². The van der Waals surface area contributed by atoms with Crippen molar-refractivity contribution in [3.8, 4) is 0 Å². The summed E-state index contributed by atoms with van der Waals surface area (Å²) in [5, 5.41) is 9.07. The van der Waals surface area contributed by atoms with E-state index in [0.29, 0.717) is 5.92 Å². The number of nitrogens with zero attached hydrogens (tertiary/aromatic N) is 1. The molecule has 0 atom stereocenters. The maximum atomic E-state index is 12.5. The van der Waals surface area contributed by atoms with E-state index in [1.165, 1.54) is 29.4 Å². The Balaban J connectivity index is 1.65. The highest BCUT2D eigenvalue weighted by molar-refractivity contribution is 7.89. The number of hydrogen-bond donors (Lipinski definition) is 2. The van der Waals surface area contributed by atoms with E-state index in [0.717, 1.165) is 25.7 Å². The summed E-state index contributed by atoms with van der Waals surface area (Å²) >= 11 is 0. The van der Waals surface area contributed by atoms with Crippen LogP contribution in [0, 0.1) is 0 Å². The second-order valence-electron chi connectivity index (χ2n) is 6.56. The van der Waals surface area contributed by atoms with E-state index in [1.54, 1.807) is 0 Å². The van der Waals surface area contributed by atoms with Crippen molar-refractivity contribution in [2.45, 2.75) is 42.5 Å². The summed E-state index contributed by atoms with van der Waals surface area (Å²) in [6.45, 7) is 0. The molecular weight excluding hydrogens is 340 g/mol. The summed E-state index contributed by atoms with van der Waals surface area (Å²) in [5.41, 5.74) is 1.26. The molecule has 0 amide bonds. The number of carboxylic acid groups (broad SMARTS) is 1. The van der Waals surface area contributed by atoms with Crippen LogP contribution in [0.25, 0.3) is 0 Å². The molecule has 0 radical (unpaired) electrons. The Morgan fingerprint density at radius 1 is 1.16 bits per heavy atom. The van der Waals surface area contributed by atoms with Gasteiger partial charge in [0.15, 0.2) is 0 Å². The molecule has 1 aliphatic rings. The lowest BCUT2D eigenvalue weighted by atomic mass is 9.82. The lowest BCUT2D eigenvalue weighted by Gasteiger charge is -2.29. The van der Waals surface area contributed by atoms with Gasteiger partial charge in [0.25, 0.3) is 0 Å². The fraction of sp³-hybridized carbons (Fsp3) is 0.389. The Hall–Kier alpha value is -2.12. The van der Waals surface area contributed by atoms with Crippen molar-refractivity contribution < 1.29 is 18.3 Å². The molecule has 2 aromatic rings. The number of carbonyl (C=O) groups is 1. The standard InChI is InChI=1S/C18H22N2O4S/c1-20-12-16(11-17(20)18(21)22)25(23,24)19-15-9-7-14(8-10-15)13-5-3-2-4-6-13/h2-6,11-12,14-15,19H,7-10H2,1H3,(H,21,22). The fourth-order valence-electron chi connectivity index (χ4n) is 3.45. The Morgan fingerprint density at radius 3 is 2.36 bits per heavy atom. The molecule has 1 aromatic carbocycles. The van der Waals surface area contributed by atoms with Crippen LogP contribution in [-0.2, 0) is 17.1 Å². The number of nitrogens with one attached hydrogen (secondary N) is 1. The van der Waals surface area contributed by atoms with Gasteiger partial charge in [-0.3, -0.25) is 0 Å². The molecule has 0 bridgehead atoms. The van der Waals surface area contributed by atoms with Gasteiger partial charge in [0.05, 0.1) is 0 Å². The van der Waals surface area contributed by atoms with Gasteiger partial charge in [-0.2, -0.15) is 0 Å². The Bertz CT molecular complexity index is 850. The number of carboxylic acids is 1. The highest BCUT2D eigenvalue weighted by atomic mass is 32.2. The van der Waals surface area contributed by atoms with Crippen LogP contribution in [0.1, 0.15) is 47.7 Å². The highest BCUT2D eigenvalue weighted by Gasteiger charge is 2.27. The normalized spacial score (nSPS) is 21.2. The summed E-state index contributed by atoms with van der Waals surface area (Å²) in [7, 11) is -2.19. The van der Waals surface area contributed by atoms with Crippen LogP contribution >= 0.6 is 0 Å². The summed E-state index contributed by atoms with van der Waals surface area (Å²) in [6.07, 6.45) is 4.76. The third-order valence-electron chi connectivity index (χ3n) is 4.83. The number of sulfonamides is 1. The van der Waals surface area contributed by atoms with Crippen molar-refractivity contribution in [2.75, 3.05) is 0 Å². The number of rotatable bonds is 5. The molecule has 25 heavy (non-hydrogen) atoms. The summed E-state index contributed by atoms with van der Waals surface area (Å²) in [6, 6.07) is 11.4. The molecule has 1 heterocycles. The summed E-state index contributed by atoms with van der Waals surface area (Å²) in [5.74, 6) is -0.676. The minimum Gasteiger partial charge on any atom is -0.477 e. The molecule has 0 unspecified atom stereocenters. The maximum absolute atomic E-state index is 12.5. The van der Waals surface area contributed by atoms with Crippen molar-refractivity contribution >= 4 is 16.0 Å². The monoisotopic (exact) mass is 362 g/mol. The average molecular weight is 362 g/mol. The van der Waals surface area contributed by atoms with E-state index in [4.69, 9.17) is 5.11 Å². The SMILES string of the molecule is Cn1cc(S(=O)(=O)NC2CCC(c3ccccc3)CC2)cc1C(=O)O. The van der Waals surface area contributed by atoms with Gasteiger partial charge in [0.2, 0.25) is 10.0 Å². The van der Waals surface area contributed by atoms with Gasteiger partial charge in [0, 0.05) is 19.3 Å². The van der Waals surface area contributed by atoms with Gasteiger partial charge < -0.3 is 9.67 Å².